The van der Waals surface area contributed by atoms with Gasteiger partial charge in [0.15, 0.2) is 0 Å². The second-order valence-corrected chi connectivity index (χ2v) is 15.4. The Morgan fingerprint density at radius 2 is 0.593 bits per heavy atom. The van der Waals surface area contributed by atoms with Gasteiger partial charge < -0.3 is 0 Å². The van der Waals surface area contributed by atoms with E-state index in [-0.39, 0.29) is 10.8 Å². The van der Waals surface area contributed by atoms with Crippen LogP contribution >= 0.6 is 0 Å². The number of hydrogen-bond acceptors (Lipinski definition) is 0. The van der Waals surface area contributed by atoms with E-state index in [9.17, 15) is 0 Å². The Kier molecular flexibility index (Phi) is 6.61. The number of rotatable bonds is 4. The molecule has 0 aromatic heterocycles. The number of fused-ring (bicyclic) bond motifs is 8. The molecule has 2 unspecified atom stereocenters. The molecule has 9 aromatic rings. The van der Waals surface area contributed by atoms with Crippen molar-refractivity contribution in [3.8, 4) is 44.5 Å². The monoisotopic (exact) mass is 686 g/mol. The van der Waals surface area contributed by atoms with Crippen LogP contribution in [-0.4, -0.2) is 0 Å². The number of benzene rings is 9. The highest BCUT2D eigenvalue weighted by atomic mass is 14.5. The van der Waals surface area contributed by atoms with Gasteiger partial charge in [0.25, 0.3) is 0 Å². The summed E-state index contributed by atoms with van der Waals surface area (Å²) in [6, 6.07) is 72.7. The average Bonchev–Trinajstić information content (AvgIpc) is 3.65. The van der Waals surface area contributed by atoms with Crippen molar-refractivity contribution in [3.63, 3.8) is 0 Å². The Bertz CT molecular complexity index is 2720. The standard InChI is InChI=1S/C54H38/c1-53(37-23-11-5-12-24-37)47-29-17-15-27-39(47)41-31-43-45(33-49(41)53)51(35-19-7-3-8-20-35)44-32-42-40-28-16-18-30-48(40)54(2,38-25-13-6-14-26-38)50(42)34-46(44)52(43)36-21-9-4-10-22-36/h3-34H,1-2H3. The molecule has 0 amide bonds. The van der Waals surface area contributed by atoms with Gasteiger partial charge in [-0.3, -0.25) is 0 Å². The van der Waals surface area contributed by atoms with Gasteiger partial charge in [0.2, 0.25) is 0 Å². The molecule has 0 aliphatic heterocycles. The lowest BCUT2D eigenvalue weighted by molar-refractivity contribution is 0.714. The van der Waals surface area contributed by atoms with Gasteiger partial charge in [-0.15, -0.1) is 0 Å². The summed E-state index contributed by atoms with van der Waals surface area (Å²) in [4.78, 5) is 0. The summed E-state index contributed by atoms with van der Waals surface area (Å²) < 4.78 is 0. The van der Waals surface area contributed by atoms with Crippen LogP contribution in [0.3, 0.4) is 0 Å². The summed E-state index contributed by atoms with van der Waals surface area (Å²) in [6.45, 7) is 4.85. The fourth-order valence-corrected chi connectivity index (χ4v) is 10.2. The molecule has 0 saturated heterocycles. The Morgan fingerprint density at radius 1 is 0.278 bits per heavy atom. The molecular formula is C54H38. The fourth-order valence-electron chi connectivity index (χ4n) is 10.2. The van der Waals surface area contributed by atoms with Crippen molar-refractivity contribution in [1.29, 1.82) is 0 Å². The van der Waals surface area contributed by atoms with E-state index in [0.717, 1.165) is 0 Å². The van der Waals surface area contributed by atoms with Crippen molar-refractivity contribution in [2.24, 2.45) is 0 Å². The second kappa shape index (κ2) is 11.5. The third-order valence-corrected chi connectivity index (χ3v) is 12.8. The van der Waals surface area contributed by atoms with Gasteiger partial charge in [0.05, 0.1) is 0 Å². The van der Waals surface area contributed by atoms with Gasteiger partial charge in [-0.2, -0.15) is 0 Å². The molecule has 0 bridgehead atoms. The third kappa shape index (κ3) is 4.14. The van der Waals surface area contributed by atoms with E-state index in [2.05, 4.69) is 208 Å². The molecular weight excluding hydrogens is 649 g/mol. The van der Waals surface area contributed by atoms with Gasteiger partial charge in [0, 0.05) is 10.8 Å². The first-order valence-corrected chi connectivity index (χ1v) is 19.1. The zero-order valence-electron chi connectivity index (χ0n) is 30.5. The van der Waals surface area contributed by atoms with E-state index in [1.54, 1.807) is 0 Å². The van der Waals surface area contributed by atoms with E-state index in [0.29, 0.717) is 0 Å². The van der Waals surface area contributed by atoms with Crippen molar-refractivity contribution in [2.45, 2.75) is 24.7 Å². The third-order valence-electron chi connectivity index (χ3n) is 12.8. The Morgan fingerprint density at radius 3 is 0.981 bits per heavy atom. The molecule has 254 valence electrons. The first-order valence-electron chi connectivity index (χ1n) is 19.1. The normalized spacial score (nSPS) is 18.0. The quantitative estimate of drug-likeness (QED) is 0.162. The van der Waals surface area contributed by atoms with E-state index >= 15 is 0 Å². The van der Waals surface area contributed by atoms with Crippen molar-refractivity contribution < 1.29 is 0 Å². The van der Waals surface area contributed by atoms with Crippen LogP contribution in [0.25, 0.3) is 66.1 Å². The Hall–Kier alpha value is -6.50. The first-order chi connectivity index (χ1) is 26.6. The highest BCUT2D eigenvalue weighted by molar-refractivity contribution is 6.23. The predicted octanol–water partition coefficient (Wildman–Crippen LogP) is 14.0. The van der Waals surface area contributed by atoms with E-state index in [4.69, 9.17) is 0 Å². The lowest BCUT2D eigenvalue weighted by Crippen LogP contribution is -2.22. The first kappa shape index (κ1) is 31.1. The highest BCUT2D eigenvalue weighted by Crippen LogP contribution is 2.58. The van der Waals surface area contributed by atoms with Crippen LogP contribution in [0.1, 0.15) is 47.2 Å². The largest absolute Gasteiger partial charge is 0.0622 e. The summed E-state index contributed by atoms with van der Waals surface area (Å²) in [6.07, 6.45) is 0. The van der Waals surface area contributed by atoms with Crippen LogP contribution < -0.4 is 0 Å². The molecule has 0 N–H and O–H groups in total. The summed E-state index contributed by atoms with van der Waals surface area (Å²) in [7, 11) is 0. The molecule has 2 aliphatic carbocycles. The molecule has 2 atom stereocenters. The van der Waals surface area contributed by atoms with Gasteiger partial charge in [-0.1, -0.05) is 170 Å². The Balaban J connectivity index is 1.35. The van der Waals surface area contributed by atoms with Crippen LogP contribution in [0.5, 0.6) is 0 Å². The van der Waals surface area contributed by atoms with Crippen LogP contribution in [0.15, 0.2) is 194 Å². The lowest BCUT2D eigenvalue weighted by Gasteiger charge is -2.30. The zero-order valence-corrected chi connectivity index (χ0v) is 30.5. The predicted molar refractivity (Wildman–Crippen MR) is 227 cm³/mol. The van der Waals surface area contributed by atoms with Gasteiger partial charge >= 0.3 is 0 Å². The topological polar surface area (TPSA) is 0 Å². The molecule has 0 saturated carbocycles. The molecule has 2 aliphatic rings. The summed E-state index contributed by atoms with van der Waals surface area (Å²) in [5.41, 5.74) is 17.8. The van der Waals surface area contributed by atoms with Gasteiger partial charge in [-0.25, -0.2) is 0 Å². The molecule has 0 heteroatoms. The molecule has 0 heterocycles. The zero-order chi connectivity index (χ0) is 36.0. The molecule has 54 heavy (non-hydrogen) atoms. The maximum absolute atomic E-state index is 2.56. The Labute approximate surface area is 317 Å². The maximum atomic E-state index is 2.56. The summed E-state index contributed by atoms with van der Waals surface area (Å²) in [5, 5.41) is 5.15. The summed E-state index contributed by atoms with van der Waals surface area (Å²) >= 11 is 0. The van der Waals surface area contributed by atoms with Crippen molar-refractivity contribution in [3.05, 3.63) is 228 Å². The van der Waals surface area contributed by atoms with Crippen molar-refractivity contribution in [2.75, 3.05) is 0 Å². The molecule has 0 fully saturated rings. The molecule has 0 spiro atoms. The maximum Gasteiger partial charge on any atom is 0.0435 e. The minimum absolute atomic E-state index is 0.300. The molecule has 0 nitrogen and oxygen atoms in total. The fraction of sp³-hybridized carbons (Fsp3) is 0.0741. The average molecular weight is 687 g/mol. The van der Waals surface area contributed by atoms with Crippen molar-refractivity contribution in [1.82, 2.24) is 0 Å². The molecule has 11 rings (SSSR count). The summed E-state index contributed by atoms with van der Waals surface area (Å²) in [5.74, 6) is 0. The molecule has 0 radical (unpaired) electrons. The smallest absolute Gasteiger partial charge is 0.0435 e. The van der Waals surface area contributed by atoms with Crippen LogP contribution in [0.4, 0.5) is 0 Å². The second-order valence-electron chi connectivity index (χ2n) is 15.4. The van der Waals surface area contributed by atoms with E-state index in [1.165, 1.54) is 99.4 Å². The molecule has 9 aromatic carbocycles. The van der Waals surface area contributed by atoms with Crippen LogP contribution in [0, 0.1) is 0 Å². The highest BCUT2D eigenvalue weighted by Gasteiger charge is 2.43. The van der Waals surface area contributed by atoms with Crippen molar-refractivity contribution >= 4 is 21.5 Å². The van der Waals surface area contributed by atoms with Crippen LogP contribution in [0.2, 0.25) is 0 Å². The number of hydrogen-bond donors (Lipinski definition) is 0. The van der Waals surface area contributed by atoms with Gasteiger partial charge in [0.1, 0.15) is 0 Å². The van der Waals surface area contributed by atoms with E-state index in [1.807, 2.05) is 0 Å². The SMILES string of the molecule is CC1(c2ccccc2)c2ccccc2-c2cc3c(-c4ccccc4)c4cc5c(cc4c(-c4ccccc4)c3cc21)-c1ccccc1C5(C)c1ccccc1. The minimum atomic E-state index is -0.300. The van der Waals surface area contributed by atoms with Crippen LogP contribution in [-0.2, 0) is 10.8 Å². The van der Waals surface area contributed by atoms with Gasteiger partial charge in [-0.05, 0) is 138 Å². The minimum Gasteiger partial charge on any atom is -0.0622 e. The van der Waals surface area contributed by atoms with E-state index < -0.39 is 0 Å². The lowest BCUT2D eigenvalue weighted by atomic mass is 9.72.